The van der Waals surface area contributed by atoms with Gasteiger partial charge in [-0.05, 0) is 31.0 Å². The molecule has 5 heteroatoms. The van der Waals surface area contributed by atoms with Crippen molar-refractivity contribution in [3.63, 3.8) is 0 Å². The molecule has 1 atom stereocenters. The maximum atomic E-state index is 11.1. The molecule has 0 spiro atoms. The zero-order valence-electron chi connectivity index (χ0n) is 12.2. The topological polar surface area (TPSA) is 64.3 Å². The Kier molecular flexibility index (Phi) is 3.92. The third-order valence-electron chi connectivity index (χ3n) is 4.09. The fraction of sp³-hybridized carbons (Fsp3) is 0.500. The molecule has 2 aromatic rings. The third kappa shape index (κ3) is 2.78. The smallest absolute Gasteiger partial charge is 0.335 e. The summed E-state index contributed by atoms with van der Waals surface area (Å²) in [7, 11) is 0. The van der Waals surface area contributed by atoms with Crippen molar-refractivity contribution < 1.29 is 14.6 Å². The van der Waals surface area contributed by atoms with Crippen LogP contribution in [0.4, 0.5) is 0 Å². The molecule has 0 radical (unpaired) electrons. The SMILES string of the molecule is CCc1nc2cc(C(=O)O)ccc2n1CC1CCCOC1. The zero-order valence-corrected chi connectivity index (χ0v) is 12.2. The summed E-state index contributed by atoms with van der Waals surface area (Å²) < 4.78 is 7.78. The molecule has 5 nitrogen and oxygen atoms in total. The first kappa shape index (κ1) is 14.1. The van der Waals surface area contributed by atoms with Crippen LogP contribution in [0.15, 0.2) is 18.2 Å². The number of hydrogen-bond acceptors (Lipinski definition) is 3. The van der Waals surface area contributed by atoms with E-state index in [1.165, 1.54) is 6.42 Å². The van der Waals surface area contributed by atoms with Crippen LogP contribution in [0.25, 0.3) is 11.0 Å². The first-order valence-corrected chi connectivity index (χ1v) is 7.49. The first-order chi connectivity index (χ1) is 10.2. The van der Waals surface area contributed by atoms with Crippen molar-refractivity contribution in [3.8, 4) is 0 Å². The second-order valence-corrected chi connectivity index (χ2v) is 5.58. The van der Waals surface area contributed by atoms with Crippen LogP contribution in [0.5, 0.6) is 0 Å². The van der Waals surface area contributed by atoms with E-state index < -0.39 is 5.97 Å². The van der Waals surface area contributed by atoms with Crippen LogP contribution in [0.1, 0.15) is 35.9 Å². The van der Waals surface area contributed by atoms with Crippen molar-refractivity contribution in [1.82, 2.24) is 9.55 Å². The van der Waals surface area contributed by atoms with Gasteiger partial charge in [0, 0.05) is 25.5 Å². The van der Waals surface area contributed by atoms with Crippen LogP contribution in [0.2, 0.25) is 0 Å². The largest absolute Gasteiger partial charge is 0.478 e. The van der Waals surface area contributed by atoms with E-state index in [1.807, 2.05) is 6.07 Å². The van der Waals surface area contributed by atoms with E-state index in [-0.39, 0.29) is 5.56 Å². The molecule has 112 valence electrons. The highest BCUT2D eigenvalue weighted by molar-refractivity contribution is 5.92. The summed E-state index contributed by atoms with van der Waals surface area (Å²) in [4.78, 5) is 15.7. The number of carboxylic acids is 1. The molecule has 1 aromatic carbocycles. The van der Waals surface area contributed by atoms with Gasteiger partial charge in [-0.15, -0.1) is 0 Å². The van der Waals surface area contributed by atoms with Crippen molar-refractivity contribution in [2.24, 2.45) is 5.92 Å². The van der Waals surface area contributed by atoms with Crippen molar-refractivity contribution in [3.05, 3.63) is 29.6 Å². The Morgan fingerprint density at radius 1 is 1.52 bits per heavy atom. The summed E-state index contributed by atoms with van der Waals surface area (Å²) in [5.74, 6) is 0.615. The van der Waals surface area contributed by atoms with Crippen LogP contribution in [0.3, 0.4) is 0 Å². The Hall–Kier alpha value is -1.88. The zero-order chi connectivity index (χ0) is 14.8. The number of imidazole rings is 1. The minimum Gasteiger partial charge on any atom is -0.478 e. The molecule has 21 heavy (non-hydrogen) atoms. The van der Waals surface area contributed by atoms with Crippen LogP contribution in [0, 0.1) is 5.92 Å². The molecule has 0 saturated carbocycles. The molecule has 1 aromatic heterocycles. The van der Waals surface area contributed by atoms with Gasteiger partial charge in [-0.2, -0.15) is 0 Å². The summed E-state index contributed by atoms with van der Waals surface area (Å²) in [5, 5.41) is 9.09. The maximum absolute atomic E-state index is 11.1. The average molecular weight is 288 g/mol. The Morgan fingerprint density at radius 3 is 3.05 bits per heavy atom. The summed E-state index contributed by atoms with van der Waals surface area (Å²) in [6, 6.07) is 5.18. The standard InChI is InChI=1S/C16H20N2O3/c1-2-15-17-13-8-12(16(19)20)5-6-14(13)18(15)9-11-4-3-7-21-10-11/h5-6,8,11H,2-4,7,9-10H2,1H3,(H,19,20). The average Bonchev–Trinajstić information content (AvgIpc) is 2.85. The number of aromatic carboxylic acids is 1. The van der Waals surface area contributed by atoms with E-state index in [0.29, 0.717) is 5.92 Å². The summed E-state index contributed by atoms with van der Waals surface area (Å²) in [6.07, 6.45) is 3.13. The van der Waals surface area contributed by atoms with Gasteiger partial charge in [0.25, 0.3) is 0 Å². The molecule has 1 unspecified atom stereocenters. The minimum absolute atomic E-state index is 0.288. The number of ether oxygens (including phenoxy) is 1. The van der Waals surface area contributed by atoms with E-state index in [9.17, 15) is 4.79 Å². The number of aromatic nitrogens is 2. The highest BCUT2D eigenvalue weighted by Crippen LogP contribution is 2.23. The number of aryl methyl sites for hydroxylation is 1. The number of rotatable bonds is 4. The lowest BCUT2D eigenvalue weighted by Gasteiger charge is -2.23. The fourth-order valence-electron chi connectivity index (χ4n) is 3.00. The van der Waals surface area contributed by atoms with Crippen LogP contribution >= 0.6 is 0 Å². The molecule has 1 saturated heterocycles. The molecular weight excluding hydrogens is 268 g/mol. The number of nitrogens with zero attached hydrogens (tertiary/aromatic N) is 2. The van der Waals surface area contributed by atoms with Crippen LogP contribution in [-0.4, -0.2) is 33.8 Å². The lowest BCUT2D eigenvalue weighted by Crippen LogP contribution is -2.22. The summed E-state index contributed by atoms with van der Waals surface area (Å²) in [6.45, 7) is 4.64. The highest BCUT2D eigenvalue weighted by Gasteiger charge is 2.18. The normalized spacial score (nSPS) is 19.0. The van der Waals surface area contributed by atoms with Crippen LogP contribution in [-0.2, 0) is 17.7 Å². The van der Waals surface area contributed by atoms with Gasteiger partial charge >= 0.3 is 5.97 Å². The second-order valence-electron chi connectivity index (χ2n) is 5.58. The van der Waals surface area contributed by atoms with Gasteiger partial charge in [0.2, 0.25) is 0 Å². The number of benzene rings is 1. The number of hydrogen-bond donors (Lipinski definition) is 1. The monoisotopic (exact) mass is 288 g/mol. The fourth-order valence-corrected chi connectivity index (χ4v) is 3.00. The van der Waals surface area contributed by atoms with Gasteiger partial charge in [0.15, 0.2) is 0 Å². The van der Waals surface area contributed by atoms with Crippen molar-refractivity contribution in [2.75, 3.05) is 13.2 Å². The lowest BCUT2D eigenvalue weighted by atomic mass is 10.0. The third-order valence-corrected chi connectivity index (χ3v) is 4.09. The lowest BCUT2D eigenvalue weighted by molar-refractivity contribution is 0.0485. The Labute approximate surface area is 123 Å². The van der Waals surface area contributed by atoms with E-state index >= 15 is 0 Å². The summed E-state index contributed by atoms with van der Waals surface area (Å²) >= 11 is 0. The number of carboxylic acid groups (broad SMARTS) is 1. The predicted octanol–water partition coefficient (Wildman–Crippen LogP) is 2.72. The van der Waals surface area contributed by atoms with E-state index in [4.69, 9.17) is 9.84 Å². The van der Waals surface area contributed by atoms with Gasteiger partial charge in [0.1, 0.15) is 5.82 Å². The molecule has 1 aliphatic rings. The Balaban J connectivity index is 1.97. The summed E-state index contributed by atoms with van der Waals surface area (Å²) in [5.41, 5.74) is 2.07. The van der Waals surface area contributed by atoms with Crippen LogP contribution < -0.4 is 0 Å². The molecule has 0 amide bonds. The van der Waals surface area contributed by atoms with Gasteiger partial charge in [-0.3, -0.25) is 0 Å². The van der Waals surface area contributed by atoms with Gasteiger partial charge in [0.05, 0.1) is 23.2 Å². The van der Waals surface area contributed by atoms with Crippen molar-refractivity contribution >= 4 is 17.0 Å². The van der Waals surface area contributed by atoms with Crippen molar-refractivity contribution in [1.29, 1.82) is 0 Å². The second kappa shape index (κ2) is 5.85. The van der Waals surface area contributed by atoms with E-state index in [2.05, 4.69) is 16.5 Å². The van der Waals surface area contributed by atoms with E-state index in [1.54, 1.807) is 12.1 Å². The molecule has 0 aliphatic carbocycles. The van der Waals surface area contributed by atoms with Gasteiger partial charge in [-0.25, -0.2) is 9.78 Å². The molecule has 1 N–H and O–H groups in total. The van der Waals surface area contributed by atoms with Gasteiger partial charge < -0.3 is 14.4 Å². The molecule has 0 bridgehead atoms. The van der Waals surface area contributed by atoms with E-state index in [0.717, 1.165) is 49.5 Å². The van der Waals surface area contributed by atoms with Gasteiger partial charge in [-0.1, -0.05) is 6.92 Å². The first-order valence-electron chi connectivity index (χ1n) is 7.49. The minimum atomic E-state index is -0.912. The quantitative estimate of drug-likeness (QED) is 0.939. The Morgan fingerprint density at radius 2 is 2.38 bits per heavy atom. The number of carbonyl (C=O) groups is 1. The molecule has 1 aliphatic heterocycles. The molecule has 3 rings (SSSR count). The Bertz CT molecular complexity index is 657. The molecule has 1 fully saturated rings. The predicted molar refractivity (Wildman–Crippen MR) is 79.6 cm³/mol. The van der Waals surface area contributed by atoms with Crippen molar-refractivity contribution in [2.45, 2.75) is 32.7 Å². The molecular formula is C16H20N2O3. The number of fused-ring (bicyclic) bond motifs is 1. The highest BCUT2D eigenvalue weighted by atomic mass is 16.5. The maximum Gasteiger partial charge on any atom is 0.335 e. The molecule has 2 heterocycles.